The van der Waals surface area contributed by atoms with Gasteiger partial charge < -0.3 is 9.72 Å². The quantitative estimate of drug-likeness (QED) is 0.361. The minimum Gasteiger partial charge on any atom is -0.319 e. The molecule has 32 heavy (non-hydrogen) atoms. The molecule has 1 amide bonds. The van der Waals surface area contributed by atoms with Gasteiger partial charge in [0.1, 0.15) is 0 Å². The van der Waals surface area contributed by atoms with E-state index in [0.717, 1.165) is 28.0 Å². The summed E-state index contributed by atoms with van der Waals surface area (Å²) in [5.41, 5.74) is 8.31. The van der Waals surface area contributed by atoms with Gasteiger partial charge in [-0.1, -0.05) is 72.8 Å². The Bertz CT molecular complexity index is 1420. The number of carbonyl (C=O) groups is 1. The van der Waals surface area contributed by atoms with Gasteiger partial charge in [-0.2, -0.15) is 0 Å². The van der Waals surface area contributed by atoms with Crippen molar-refractivity contribution < 1.29 is 4.79 Å². The molecule has 0 spiro atoms. The van der Waals surface area contributed by atoms with Gasteiger partial charge in [-0.25, -0.2) is 4.98 Å². The highest BCUT2D eigenvalue weighted by molar-refractivity contribution is 6.07. The number of amides is 1. The van der Waals surface area contributed by atoms with E-state index in [1.54, 1.807) is 0 Å². The molecule has 0 unspecified atom stereocenters. The van der Waals surface area contributed by atoms with Gasteiger partial charge in [-0.05, 0) is 48.2 Å². The fraction of sp³-hybridized carbons (Fsp3) is 0.0714. The predicted octanol–water partition coefficient (Wildman–Crippen LogP) is 6.54. The summed E-state index contributed by atoms with van der Waals surface area (Å²) in [6.45, 7) is 3.95. The average Bonchev–Trinajstić information content (AvgIpc) is 3.24. The van der Waals surface area contributed by atoms with Crippen molar-refractivity contribution in [2.45, 2.75) is 13.8 Å². The molecule has 4 heteroatoms. The van der Waals surface area contributed by atoms with E-state index in [1.807, 2.05) is 79.2 Å². The number of benzene rings is 3. The number of hydrogen-bond donors (Lipinski definition) is 1. The first kappa shape index (κ1) is 19.8. The molecule has 0 aliphatic rings. The van der Waals surface area contributed by atoms with Crippen molar-refractivity contribution in [2.24, 2.45) is 0 Å². The molecule has 5 rings (SSSR count). The van der Waals surface area contributed by atoms with E-state index < -0.39 is 0 Å². The van der Waals surface area contributed by atoms with Gasteiger partial charge >= 0.3 is 0 Å². The summed E-state index contributed by atoms with van der Waals surface area (Å²) in [6, 6.07) is 28.2. The normalized spacial score (nSPS) is 10.9. The topological polar surface area (TPSA) is 46.4 Å². The van der Waals surface area contributed by atoms with Crippen molar-refractivity contribution >= 4 is 17.2 Å². The standard InChI is InChI=1S/C28H23N3O/c1-19-16-25(30-28(32)24-11-7-6-8-20(24)2)27-29-26(18-31(27)17-19)23-14-12-22(13-15-23)21-9-4-3-5-10-21/h3-18H,1-2H3,(H,30,32). The largest absolute Gasteiger partial charge is 0.319 e. The molecule has 2 heterocycles. The lowest BCUT2D eigenvalue weighted by atomic mass is 10.0. The molecule has 156 valence electrons. The molecule has 1 N–H and O–H groups in total. The zero-order chi connectivity index (χ0) is 22.1. The molecule has 0 saturated carbocycles. The van der Waals surface area contributed by atoms with Crippen LogP contribution in [0.4, 0.5) is 5.69 Å². The lowest BCUT2D eigenvalue weighted by Crippen LogP contribution is -2.14. The van der Waals surface area contributed by atoms with Crippen molar-refractivity contribution in [1.82, 2.24) is 9.38 Å². The second-order valence-corrected chi connectivity index (χ2v) is 8.00. The minimum absolute atomic E-state index is 0.132. The first-order chi connectivity index (χ1) is 15.6. The first-order valence-electron chi connectivity index (χ1n) is 10.6. The van der Waals surface area contributed by atoms with E-state index in [9.17, 15) is 4.79 Å². The summed E-state index contributed by atoms with van der Waals surface area (Å²) in [5.74, 6) is -0.132. The smallest absolute Gasteiger partial charge is 0.256 e. The van der Waals surface area contributed by atoms with E-state index in [-0.39, 0.29) is 5.91 Å². The number of imidazole rings is 1. The summed E-state index contributed by atoms with van der Waals surface area (Å²) in [6.07, 6.45) is 4.02. The van der Waals surface area contributed by atoms with Gasteiger partial charge in [0.05, 0.1) is 11.4 Å². The van der Waals surface area contributed by atoms with Crippen LogP contribution in [0.3, 0.4) is 0 Å². The van der Waals surface area contributed by atoms with Crippen molar-refractivity contribution in [3.05, 3.63) is 114 Å². The van der Waals surface area contributed by atoms with Crippen LogP contribution >= 0.6 is 0 Å². The highest BCUT2D eigenvalue weighted by atomic mass is 16.1. The SMILES string of the molecule is Cc1cc(NC(=O)c2ccccc2C)c2nc(-c3ccc(-c4ccccc4)cc3)cn2c1. The molecule has 0 aliphatic carbocycles. The van der Waals surface area contributed by atoms with E-state index in [0.29, 0.717) is 11.3 Å². The lowest BCUT2D eigenvalue weighted by Gasteiger charge is -2.09. The van der Waals surface area contributed by atoms with Crippen molar-refractivity contribution in [3.63, 3.8) is 0 Å². The number of aryl methyl sites for hydroxylation is 2. The maximum atomic E-state index is 12.9. The predicted molar refractivity (Wildman–Crippen MR) is 130 cm³/mol. The van der Waals surface area contributed by atoms with Crippen LogP contribution in [0.25, 0.3) is 28.0 Å². The molecule has 0 saturated heterocycles. The number of nitrogens with zero attached hydrogens (tertiary/aromatic N) is 2. The summed E-state index contributed by atoms with van der Waals surface area (Å²) >= 11 is 0. The Morgan fingerprint density at radius 2 is 1.44 bits per heavy atom. The Balaban J connectivity index is 1.49. The number of aromatic nitrogens is 2. The Morgan fingerprint density at radius 3 is 2.19 bits per heavy atom. The molecule has 4 nitrogen and oxygen atoms in total. The fourth-order valence-electron chi connectivity index (χ4n) is 3.95. The van der Waals surface area contributed by atoms with Gasteiger partial charge in [-0.15, -0.1) is 0 Å². The van der Waals surface area contributed by atoms with Gasteiger partial charge in [0.25, 0.3) is 5.91 Å². The molecule has 0 fully saturated rings. The number of pyridine rings is 1. The molecular weight excluding hydrogens is 394 g/mol. The Labute approximate surface area is 187 Å². The lowest BCUT2D eigenvalue weighted by molar-refractivity contribution is 0.102. The molecule has 0 radical (unpaired) electrons. The summed E-state index contributed by atoms with van der Waals surface area (Å²) < 4.78 is 1.98. The second kappa shape index (κ2) is 8.16. The summed E-state index contributed by atoms with van der Waals surface area (Å²) in [7, 11) is 0. The van der Waals surface area contributed by atoms with E-state index >= 15 is 0 Å². The van der Waals surface area contributed by atoms with E-state index in [4.69, 9.17) is 4.98 Å². The minimum atomic E-state index is -0.132. The van der Waals surface area contributed by atoms with Crippen LogP contribution in [0.2, 0.25) is 0 Å². The van der Waals surface area contributed by atoms with E-state index in [1.165, 1.54) is 11.1 Å². The maximum absolute atomic E-state index is 12.9. The fourth-order valence-corrected chi connectivity index (χ4v) is 3.95. The van der Waals surface area contributed by atoms with Gasteiger partial charge in [0.15, 0.2) is 5.65 Å². The molecular formula is C28H23N3O. The van der Waals surface area contributed by atoms with Gasteiger partial charge in [0, 0.05) is 23.5 Å². The van der Waals surface area contributed by atoms with Crippen LogP contribution in [-0.2, 0) is 0 Å². The Kier molecular flexibility index (Phi) is 5.04. The number of anilines is 1. The molecule has 0 bridgehead atoms. The number of carbonyl (C=O) groups excluding carboxylic acids is 1. The molecule has 2 aromatic heterocycles. The zero-order valence-electron chi connectivity index (χ0n) is 18.0. The summed E-state index contributed by atoms with van der Waals surface area (Å²) in [4.78, 5) is 17.7. The average molecular weight is 418 g/mol. The number of fused-ring (bicyclic) bond motifs is 1. The first-order valence-corrected chi connectivity index (χ1v) is 10.6. The van der Waals surface area contributed by atoms with Crippen LogP contribution in [0.1, 0.15) is 21.5 Å². The third-order valence-corrected chi connectivity index (χ3v) is 5.61. The van der Waals surface area contributed by atoms with Crippen LogP contribution in [-0.4, -0.2) is 15.3 Å². The number of rotatable bonds is 4. The maximum Gasteiger partial charge on any atom is 0.256 e. The zero-order valence-corrected chi connectivity index (χ0v) is 18.0. The second-order valence-electron chi connectivity index (χ2n) is 8.00. The van der Waals surface area contributed by atoms with E-state index in [2.05, 4.69) is 41.7 Å². The van der Waals surface area contributed by atoms with Crippen molar-refractivity contribution in [1.29, 1.82) is 0 Å². The monoisotopic (exact) mass is 417 g/mol. The highest BCUT2D eigenvalue weighted by Crippen LogP contribution is 2.27. The number of hydrogen-bond acceptors (Lipinski definition) is 2. The van der Waals surface area contributed by atoms with Crippen LogP contribution in [0.5, 0.6) is 0 Å². The van der Waals surface area contributed by atoms with Crippen molar-refractivity contribution in [3.8, 4) is 22.4 Å². The highest BCUT2D eigenvalue weighted by Gasteiger charge is 2.14. The molecule has 5 aromatic rings. The molecule has 3 aromatic carbocycles. The Morgan fingerprint density at radius 1 is 0.781 bits per heavy atom. The number of nitrogens with one attached hydrogen (secondary N) is 1. The van der Waals surface area contributed by atoms with Crippen LogP contribution < -0.4 is 5.32 Å². The molecule has 0 atom stereocenters. The Hall–Kier alpha value is -4.18. The van der Waals surface area contributed by atoms with Crippen molar-refractivity contribution in [2.75, 3.05) is 5.32 Å². The van der Waals surface area contributed by atoms with Gasteiger partial charge in [-0.3, -0.25) is 4.79 Å². The van der Waals surface area contributed by atoms with Gasteiger partial charge in [0.2, 0.25) is 0 Å². The molecule has 0 aliphatic heterocycles. The summed E-state index contributed by atoms with van der Waals surface area (Å²) in [5, 5.41) is 3.06. The third kappa shape index (κ3) is 3.79. The van der Waals surface area contributed by atoms with Crippen LogP contribution in [0.15, 0.2) is 97.3 Å². The third-order valence-electron chi connectivity index (χ3n) is 5.61. The van der Waals surface area contributed by atoms with Crippen LogP contribution in [0, 0.1) is 13.8 Å².